The number of aliphatic hydroxyl groups is 1. The number of aliphatic hydroxyl groups excluding tert-OH is 1. The number of nitro groups is 1. The lowest BCUT2D eigenvalue weighted by molar-refractivity contribution is -0.386. The molecule has 0 aliphatic heterocycles. The van der Waals surface area contributed by atoms with Gasteiger partial charge in [0.05, 0.1) is 24.7 Å². The van der Waals surface area contributed by atoms with Crippen molar-refractivity contribution in [1.82, 2.24) is 0 Å². The molecule has 2 rings (SSSR count). The van der Waals surface area contributed by atoms with E-state index >= 15 is 0 Å². The van der Waals surface area contributed by atoms with Gasteiger partial charge in [0.1, 0.15) is 12.4 Å². The third-order valence-electron chi connectivity index (χ3n) is 2.96. The molecule has 2 aromatic rings. The van der Waals surface area contributed by atoms with E-state index in [0.29, 0.717) is 5.75 Å². The Morgan fingerprint density at radius 3 is 2.38 bits per heavy atom. The van der Waals surface area contributed by atoms with Crippen molar-refractivity contribution in [2.24, 2.45) is 0 Å². The molecule has 0 unspecified atom stereocenters. The van der Waals surface area contributed by atoms with Crippen molar-refractivity contribution in [2.45, 2.75) is 13.2 Å². The van der Waals surface area contributed by atoms with Crippen LogP contribution in [0, 0.1) is 10.1 Å². The zero-order valence-corrected chi connectivity index (χ0v) is 11.5. The van der Waals surface area contributed by atoms with Crippen molar-refractivity contribution >= 4 is 5.69 Å². The minimum atomic E-state index is -0.507. The molecular weight excluding hydrogens is 274 g/mol. The Bertz CT molecular complexity index is 624. The molecule has 0 aliphatic rings. The normalized spacial score (nSPS) is 10.2. The number of nitrogens with zero attached hydrogens (tertiary/aromatic N) is 1. The molecule has 6 heteroatoms. The highest BCUT2D eigenvalue weighted by atomic mass is 16.6. The highest BCUT2D eigenvalue weighted by molar-refractivity contribution is 5.51. The molecule has 0 fully saturated rings. The lowest BCUT2D eigenvalue weighted by Crippen LogP contribution is -2.00. The number of hydrogen-bond donors (Lipinski definition) is 1. The van der Waals surface area contributed by atoms with E-state index in [1.54, 1.807) is 30.3 Å². The third kappa shape index (κ3) is 3.70. The molecule has 21 heavy (non-hydrogen) atoms. The quantitative estimate of drug-likeness (QED) is 0.653. The molecule has 0 heterocycles. The first kappa shape index (κ1) is 14.8. The molecule has 0 radical (unpaired) electrons. The predicted molar refractivity (Wildman–Crippen MR) is 76.3 cm³/mol. The Kier molecular flexibility index (Phi) is 4.73. The Morgan fingerprint density at radius 1 is 1.14 bits per heavy atom. The van der Waals surface area contributed by atoms with Crippen LogP contribution in [0.15, 0.2) is 42.5 Å². The number of benzene rings is 2. The molecule has 0 aliphatic carbocycles. The van der Waals surface area contributed by atoms with Gasteiger partial charge in [-0.05, 0) is 23.3 Å². The molecule has 0 aromatic heterocycles. The lowest BCUT2D eigenvalue weighted by atomic mass is 10.1. The summed E-state index contributed by atoms with van der Waals surface area (Å²) in [6, 6.07) is 11.6. The van der Waals surface area contributed by atoms with E-state index in [-0.39, 0.29) is 24.7 Å². The fourth-order valence-corrected chi connectivity index (χ4v) is 1.79. The van der Waals surface area contributed by atoms with Crippen LogP contribution < -0.4 is 9.47 Å². The van der Waals surface area contributed by atoms with Crippen molar-refractivity contribution in [3.63, 3.8) is 0 Å². The van der Waals surface area contributed by atoms with E-state index in [4.69, 9.17) is 14.6 Å². The lowest BCUT2D eigenvalue weighted by Gasteiger charge is -2.08. The van der Waals surface area contributed by atoms with Gasteiger partial charge in [-0.2, -0.15) is 0 Å². The molecule has 0 bridgehead atoms. The summed E-state index contributed by atoms with van der Waals surface area (Å²) in [6.07, 6.45) is 0. The van der Waals surface area contributed by atoms with Crippen LogP contribution in [-0.2, 0) is 13.2 Å². The van der Waals surface area contributed by atoms with Crippen molar-refractivity contribution < 1.29 is 19.5 Å². The van der Waals surface area contributed by atoms with E-state index in [1.165, 1.54) is 19.2 Å². The van der Waals surface area contributed by atoms with E-state index in [2.05, 4.69) is 0 Å². The summed E-state index contributed by atoms with van der Waals surface area (Å²) in [5.74, 6) is 0.591. The average Bonchev–Trinajstić information content (AvgIpc) is 2.53. The second-order valence-corrected chi connectivity index (χ2v) is 4.35. The highest BCUT2D eigenvalue weighted by Gasteiger charge is 2.16. The van der Waals surface area contributed by atoms with Crippen molar-refractivity contribution in [3.05, 3.63) is 63.7 Å². The molecule has 0 spiro atoms. The number of ether oxygens (including phenoxy) is 2. The van der Waals surface area contributed by atoms with Crippen LogP contribution in [0.5, 0.6) is 11.5 Å². The van der Waals surface area contributed by atoms with Gasteiger partial charge in [0, 0.05) is 0 Å². The monoisotopic (exact) mass is 289 g/mol. The largest absolute Gasteiger partial charge is 0.496 e. The summed E-state index contributed by atoms with van der Waals surface area (Å²) < 4.78 is 10.5. The summed E-state index contributed by atoms with van der Waals surface area (Å²) in [7, 11) is 1.45. The van der Waals surface area contributed by atoms with Gasteiger partial charge in [-0.3, -0.25) is 10.1 Å². The van der Waals surface area contributed by atoms with Crippen LogP contribution in [0.25, 0.3) is 0 Å². The minimum Gasteiger partial charge on any atom is -0.496 e. The fraction of sp³-hybridized carbons (Fsp3) is 0.200. The van der Waals surface area contributed by atoms with E-state index in [9.17, 15) is 10.1 Å². The molecule has 6 nitrogen and oxygen atoms in total. The molecule has 0 amide bonds. The zero-order valence-electron chi connectivity index (χ0n) is 11.5. The third-order valence-corrected chi connectivity index (χ3v) is 2.96. The number of rotatable bonds is 6. The summed E-state index contributed by atoms with van der Waals surface area (Å²) in [6.45, 7) is 0.184. The maximum atomic E-state index is 11.0. The van der Waals surface area contributed by atoms with Crippen LogP contribution >= 0.6 is 0 Å². The molecule has 110 valence electrons. The smallest absolute Gasteiger partial charge is 0.314 e. The molecule has 0 saturated carbocycles. The zero-order chi connectivity index (χ0) is 15.2. The first-order valence-electron chi connectivity index (χ1n) is 6.28. The number of hydrogen-bond acceptors (Lipinski definition) is 5. The van der Waals surface area contributed by atoms with Crippen LogP contribution in [-0.4, -0.2) is 17.1 Å². The van der Waals surface area contributed by atoms with Crippen LogP contribution in [0.1, 0.15) is 11.1 Å². The topological polar surface area (TPSA) is 81.8 Å². The summed E-state index contributed by atoms with van der Waals surface area (Å²) in [5.41, 5.74) is 1.52. The van der Waals surface area contributed by atoms with Crippen molar-refractivity contribution in [3.8, 4) is 11.5 Å². The van der Waals surface area contributed by atoms with Gasteiger partial charge < -0.3 is 14.6 Å². The van der Waals surface area contributed by atoms with E-state index in [0.717, 1.165) is 11.1 Å². The van der Waals surface area contributed by atoms with Gasteiger partial charge in [-0.1, -0.05) is 24.3 Å². The Labute approximate surface area is 121 Å². The standard InChI is InChI=1S/C15H15NO5/c1-20-13-6-7-15(14(8-13)16(18)19)21-10-12-4-2-11(9-17)3-5-12/h2-8,17H,9-10H2,1H3. The van der Waals surface area contributed by atoms with Gasteiger partial charge in [0.2, 0.25) is 0 Å². The minimum absolute atomic E-state index is 0.0227. The second-order valence-electron chi connectivity index (χ2n) is 4.35. The van der Waals surface area contributed by atoms with Crippen LogP contribution in [0.2, 0.25) is 0 Å². The van der Waals surface area contributed by atoms with E-state index < -0.39 is 4.92 Å². The van der Waals surface area contributed by atoms with Crippen LogP contribution in [0.4, 0.5) is 5.69 Å². The SMILES string of the molecule is COc1ccc(OCc2ccc(CO)cc2)c([N+](=O)[O-])c1. The Hall–Kier alpha value is -2.60. The Morgan fingerprint density at radius 2 is 1.81 bits per heavy atom. The molecular formula is C15H15NO5. The van der Waals surface area contributed by atoms with Crippen LogP contribution in [0.3, 0.4) is 0 Å². The average molecular weight is 289 g/mol. The van der Waals surface area contributed by atoms with Crippen molar-refractivity contribution in [2.75, 3.05) is 7.11 Å². The Balaban J connectivity index is 2.13. The van der Waals surface area contributed by atoms with E-state index in [1.807, 2.05) is 0 Å². The summed E-state index contributed by atoms with van der Waals surface area (Å²) in [5, 5.41) is 20.0. The highest BCUT2D eigenvalue weighted by Crippen LogP contribution is 2.31. The number of nitro benzene ring substituents is 1. The maximum absolute atomic E-state index is 11.0. The first-order valence-corrected chi connectivity index (χ1v) is 6.28. The summed E-state index contributed by atoms with van der Waals surface area (Å²) in [4.78, 5) is 10.5. The van der Waals surface area contributed by atoms with Crippen molar-refractivity contribution in [1.29, 1.82) is 0 Å². The molecule has 2 aromatic carbocycles. The van der Waals surface area contributed by atoms with Gasteiger partial charge in [-0.25, -0.2) is 0 Å². The van der Waals surface area contributed by atoms with Gasteiger partial charge >= 0.3 is 5.69 Å². The molecule has 0 atom stereocenters. The van der Waals surface area contributed by atoms with Gasteiger partial charge in [-0.15, -0.1) is 0 Å². The summed E-state index contributed by atoms with van der Waals surface area (Å²) >= 11 is 0. The van der Waals surface area contributed by atoms with Gasteiger partial charge in [0.25, 0.3) is 0 Å². The first-order chi connectivity index (χ1) is 10.1. The maximum Gasteiger partial charge on any atom is 0.314 e. The molecule has 0 saturated heterocycles. The van der Waals surface area contributed by atoms with Gasteiger partial charge in [0.15, 0.2) is 5.75 Å². The molecule has 1 N–H and O–H groups in total. The fourth-order valence-electron chi connectivity index (χ4n) is 1.79. The second kappa shape index (κ2) is 6.71. The predicted octanol–water partition coefficient (Wildman–Crippen LogP) is 2.67. The number of methoxy groups -OCH3 is 1.